The van der Waals surface area contributed by atoms with Crippen LogP contribution in [0.15, 0.2) is 127 Å². The molecule has 2 aliphatic rings. The van der Waals surface area contributed by atoms with Crippen LogP contribution in [0.3, 0.4) is 0 Å². The van der Waals surface area contributed by atoms with Gasteiger partial charge in [0.25, 0.3) is 0 Å². The lowest BCUT2D eigenvalue weighted by Crippen LogP contribution is -2.35. The molecule has 0 saturated carbocycles. The fraction of sp³-hybridized carbons (Fsp3) is 0.159. The molecule has 0 N–H and O–H groups in total. The van der Waals surface area contributed by atoms with Crippen molar-refractivity contribution in [1.29, 1.82) is 0 Å². The lowest BCUT2D eigenvalue weighted by Gasteiger charge is -2.39. The molecule has 47 heavy (non-hydrogen) atoms. The maximum Gasteiger partial charge on any atom is 0.187 e. The van der Waals surface area contributed by atoms with Crippen molar-refractivity contribution in [3.05, 3.63) is 167 Å². The Balaban J connectivity index is 1.39. The summed E-state index contributed by atoms with van der Waals surface area (Å²) in [6.07, 6.45) is 6.40. The first-order valence-electron chi connectivity index (χ1n) is 16.4. The fourth-order valence-corrected chi connectivity index (χ4v) is 8.06. The highest BCUT2D eigenvalue weighted by Gasteiger charge is 2.46. The molecule has 1 unspecified atom stereocenters. The molecule has 0 spiro atoms. The molecule has 1 atom stereocenters. The normalized spacial score (nSPS) is 16.9. The van der Waals surface area contributed by atoms with Crippen molar-refractivity contribution in [3.8, 4) is 33.8 Å². The highest BCUT2D eigenvalue weighted by atomic mass is 16.5. The highest BCUT2D eigenvalue weighted by molar-refractivity contribution is 6.08. The van der Waals surface area contributed by atoms with E-state index in [1.54, 1.807) is 7.11 Å². The zero-order valence-electron chi connectivity index (χ0n) is 26.9. The van der Waals surface area contributed by atoms with Gasteiger partial charge >= 0.3 is 0 Å². The van der Waals surface area contributed by atoms with Crippen LogP contribution in [0.25, 0.3) is 43.9 Å². The van der Waals surface area contributed by atoms with Gasteiger partial charge in [-0.3, -0.25) is 0 Å². The van der Waals surface area contributed by atoms with Gasteiger partial charge in [-0.25, -0.2) is 4.85 Å². The summed E-state index contributed by atoms with van der Waals surface area (Å²) in [5.74, 6) is 1.70. The first kappa shape index (κ1) is 28.9. The van der Waals surface area contributed by atoms with Gasteiger partial charge in [0.05, 0.1) is 13.7 Å². The Bertz CT molecular complexity index is 2220. The van der Waals surface area contributed by atoms with Gasteiger partial charge in [-0.1, -0.05) is 129 Å². The lowest BCUT2D eigenvalue weighted by molar-refractivity contribution is 0.163. The third kappa shape index (κ3) is 4.18. The molecule has 1 heterocycles. The summed E-state index contributed by atoms with van der Waals surface area (Å²) < 4.78 is 13.0. The van der Waals surface area contributed by atoms with Gasteiger partial charge in [0.2, 0.25) is 0 Å². The molecule has 1 aliphatic heterocycles. The molecule has 0 bridgehead atoms. The van der Waals surface area contributed by atoms with Gasteiger partial charge in [0, 0.05) is 27.5 Å². The number of hydrogen-bond acceptors (Lipinski definition) is 2. The Kier molecular flexibility index (Phi) is 6.78. The zero-order valence-corrected chi connectivity index (χ0v) is 26.9. The monoisotopic (exact) mass is 609 g/mol. The molecule has 6 aromatic carbocycles. The van der Waals surface area contributed by atoms with E-state index in [2.05, 4.69) is 128 Å². The molecular formula is C44H35NO2. The highest BCUT2D eigenvalue weighted by Crippen LogP contribution is 2.60. The second-order valence-electron chi connectivity index (χ2n) is 12.5. The van der Waals surface area contributed by atoms with E-state index in [1.165, 1.54) is 33.2 Å². The van der Waals surface area contributed by atoms with E-state index >= 15 is 0 Å². The second kappa shape index (κ2) is 11.0. The van der Waals surface area contributed by atoms with Crippen LogP contribution >= 0.6 is 0 Å². The quantitative estimate of drug-likeness (QED) is 0.175. The smallest absolute Gasteiger partial charge is 0.187 e. The predicted octanol–water partition coefficient (Wildman–Crippen LogP) is 11.5. The van der Waals surface area contributed by atoms with E-state index in [4.69, 9.17) is 16.0 Å². The van der Waals surface area contributed by atoms with E-state index in [0.29, 0.717) is 5.69 Å². The van der Waals surface area contributed by atoms with E-state index in [1.807, 2.05) is 24.3 Å². The average molecular weight is 610 g/mol. The molecule has 0 aromatic heterocycles. The number of benzene rings is 6. The summed E-state index contributed by atoms with van der Waals surface area (Å²) in [5.41, 5.74) is 10.2. The molecular weight excluding hydrogens is 574 g/mol. The van der Waals surface area contributed by atoms with Crippen molar-refractivity contribution < 1.29 is 9.47 Å². The first-order chi connectivity index (χ1) is 23.1. The van der Waals surface area contributed by atoms with Crippen molar-refractivity contribution in [1.82, 2.24) is 0 Å². The molecule has 1 aliphatic carbocycles. The molecule has 0 fully saturated rings. The summed E-state index contributed by atoms with van der Waals surface area (Å²) in [6, 6.07) is 42.4. The molecule has 3 nitrogen and oxygen atoms in total. The summed E-state index contributed by atoms with van der Waals surface area (Å²) in [6.45, 7) is 12.3. The van der Waals surface area contributed by atoms with Crippen LogP contribution in [0.2, 0.25) is 0 Å². The maximum atomic E-state index is 7.77. The minimum Gasteiger partial charge on any atom is -0.497 e. The fourth-order valence-electron chi connectivity index (χ4n) is 8.06. The number of methoxy groups -OCH3 is 1. The molecule has 0 saturated heterocycles. The van der Waals surface area contributed by atoms with Crippen LogP contribution in [0.1, 0.15) is 54.5 Å². The van der Waals surface area contributed by atoms with E-state index in [0.717, 1.165) is 52.0 Å². The Labute approximate surface area is 276 Å². The minimum absolute atomic E-state index is 0.232. The first-order valence-corrected chi connectivity index (χ1v) is 16.4. The molecule has 0 radical (unpaired) electrons. The molecule has 6 aromatic rings. The van der Waals surface area contributed by atoms with Crippen LogP contribution in [0.4, 0.5) is 5.69 Å². The van der Waals surface area contributed by atoms with Crippen LogP contribution in [-0.4, -0.2) is 7.11 Å². The van der Waals surface area contributed by atoms with Gasteiger partial charge in [-0.05, 0) is 69.8 Å². The van der Waals surface area contributed by atoms with Crippen molar-refractivity contribution in [2.24, 2.45) is 0 Å². The van der Waals surface area contributed by atoms with Crippen molar-refractivity contribution >= 4 is 22.5 Å². The van der Waals surface area contributed by atoms with Gasteiger partial charge in [-0.15, -0.1) is 0 Å². The van der Waals surface area contributed by atoms with Crippen LogP contribution in [0, 0.1) is 6.57 Å². The SMILES string of the molecule is [C-]#[N+]c1ccc2c(c1)C(CC)(CC)c1c3c(c4ccccc4c1-2)OC(c1ccc(OC)cc1)(c1ccc(-c2ccccc2)cc1)C=C3. The van der Waals surface area contributed by atoms with Crippen molar-refractivity contribution in [2.45, 2.75) is 37.7 Å². The van der Waals surface area contributed by atoms with E-state index in [-0.39, 0.29) is 5.41 Å². The van der Waals surface area contributed by atoms with Gasteiger partial charge < -0.3 is 9.47 Å². The molecule has 0 amide bonds. The Morgan fingerprint density at radius 2 is 1.36 bits per heavy atom. The third-order valence-corrected chi connectivity index (χ3v) is 10.5. The maximum absolute atomic E-state index is 7.77. The topological polar surface area (TPSA) is 22.8 Å². The summed E-state index contributed by atoms with van der Waals surface area (Å²) in [5, 5.41) is 2.27. The van der Waals surface area contributed by atoms with Crippen LogP contribution in [0.5, 0.6) is 11.5 Å². The van der Waals surface area contributed by atoms with Gasteiger partial charge in [0.1, 0.15) is 11.5 Å². The van der Waals surface area contributed by atoms with Crippen molar-refractivity contribution in [2.75, 3.05) is 7.11 Å². The van der Waals surface area contributed by atoms with Crippen LogP contribution < -0.4 is 9.47 Å². The van der Waals surface area contributed by atoms with Crippen molar-refractivity contribution in [3.63, 3.8) is 0 Å². The number of hydrogen-bond donors (Lipinski definition) is 0. The number of ether oxygens (including phenoxy) is 2. The molecule has 228 valence electrons. The minimum atomic E-state index is -0.866. The number of nitrogens with zero attached hydrogens (tertiary/aromatic N) is 1. The van der Waals surface area contributed by atoms with Crippen LogP contribution in [-0.2, 0) is 11.0 Å². The standard InChI is InChI=1S/C44H35NO2/c1-5-43(6-2)39-28-33(45-3)22-25-37(39)40-35-14-10-11-15-36(35)42-38(41(40)43)26-27-44(47-42,32-20-23-34(46-4)24-21-32)31-18-16-30(17-19-31)29-12-8-7-9-13-29/h7-28H,5-6H2,1-2,4H3. The largest absolute Gasteiger partial charge is 0.497 e. The summed E-state index contributed by atoms with van der Waals surface area (Å²) in [4.78, 5) is 3.82. The Morgan fingerprint density at radius 3 is 2.02 bits per heavy atom. The lowest BCUT2D eigenvalue weighted by atomic mass is 9.71. The summed E-state index contributed by atoms with van der Waals surface area (Å²) >= 11 is 0. The average Bonchev–Trinajstić information content (AvgIpc) is 3.45. The molecule has 8 rings (SSSR count). The van der Waals surface area contributed by atoms with Gasteiger partial charge in [0.15, 0.2) is 11.3 Å². The van der Waals surface area contributed by atoms with E-state index < -0.39 is 5.60 Å². The van der Waals surface area contributed by atoms with E-state index in [9.17, 15) is 0 Å². The Hall–Kier alpha value is -5.59. The van der Waals surface area contributed by atoms with Gasteiger partial charge in [-0.2, -0.15) is 0 Å². The zero-order chi connectivity index (χ0) is 32.2. The third-order valence-electron chi connectivity index (χ3n) is 10.5. The predicted molar refractivity (Wildman–Crippen MR) is 192 cm³/mol. The Morgan fingerprint density at radius 1 is 0.723 bits per heavy atom. The molecule has 3 heteroatoms. The summed E-state index contributed by atoms with van der Waals surface area (Å²) in [7, 11) is 1.69. The number of fused-ring (bicyclic) bond motifs is 8. The second-order valence-corrected chi connectivity index (χ2v) is 12.5. The number of rotatable bonds is 6.